The van der Waals surface area contributed by atoms with Gasteiger partial charge in [-0.15, -0.1) is 0 Å². The smallest absolute Gasteiger partial charge is 0.156 e. The summed E-state index contributed by atoms with van der Waals surface area (Å²) in [6.07, 6.45) is 2.37. The molecule has 1 N–H and O–H groups in total. The molecule has 0 bridgehead atoms. The fourth-order valence-corrected chi connectivity index (χ4v) is 2.28. The van der Waals surface area contributed by atoms with Gasteiger partial charge in [0.15, 0.2) is 5.17 Å². The van der Waals surface area contributed by atoms with E-state index in [0.29, 0.717) is 6.04 Å². The van der Waals surface area contributed by atoms with Crippen LogP contribution in [0, 0.1) is 5.92 Å². The normalized spacial score (nSPS) is 23.1. The lowest BCUT2D eigenvalue weighted by Crippen LogP contribution is -2.34. The van der Waals surface area contributed by atoms with Crippen LogP contribution in [0.25, 0.3) is 0 Å². The van der Waals surface area contributed by atoms with E-state index in [9.17, 15) is 0 Å². The van der Waals surface area contributed by atoms with Gasteiger partial charge in [-0.3, -0.25) is 4.99 Å². The minimum Gasteiger partial charge on any atom is -0.362 e. The molecule has 0 fully saturated rings. The van der Waals surface area contributed by atoms with Crippen LogP contribution in [-0.2, 0) is 0 Å². The molecule has 1 aliphatic rings. The van der Waals surface area contributed by atoms with Gasteiger partial charge in [0, 0.05) is 18.3 Å². The molecular formula is C10H20N2S. The van der Waals surface area contributed by atoms with Crippen LogP contribution in [0.1, 0.15) is 33.6 Å². The van der Waals surface area contributed by atoms with Crippen molar-refractivity contribution in [3.8, 4) is 0 Å². The first kappa shape index (κ1) is 10.9. The van der Waals surface area contributed by atoms with Crippen molar-refractivity contribution in [2.24, 2.45) is 10.9 Å². The second kappa shape index (κ2) is 5.53. The standard InChI is InChI=1S/C10H20N2S/c1-4-9(5-2)12-10-11-6-8(3)7-13-10/h8-9H,4-7H2,1-3H3,(H,11,12). The summed E-state index contributed by atoms with van der Waals surface area (Å²) < 4.78 is 0. The number of hydrogen-bond donors (Lipinski definition) is 1. The average molecular weight is 200 g/mol. The van der Waals surface area contributed by atoms with E-state index in [4.69, 9.17) is 0 Å². The molecule has 0 aliphatic carbocycles. The van der Waals surface area contributed by atoms with Crippen LogP contribution in [-0.4, -0.2) is 23.5 Å². The van der Waals surface area contributed by atoms with Gasteiger partial charge in [-0.2, -0.15) is 0 Å². The lowest BCUT2D eigenvalue weighted by Gasteiger charge is -2.22. The van der Waals surface area contributed by atoms with Gasteiger partial charge >= 0.3 is 0 Å². The van der Waals surface area contributed by atoms with E-state index < -0.39 is 0 Å². The topological polar surface area (TPSA) is 24.4 Å². The minimum atomic E-state index is 0.611. The number of amidine groups is 1. The van der Waals surface area contributed by atoms with Crippen molar-refractivity contribution in [3.05, 3.63) is 0 Å². The van der Waals surface area contributed by atoms with Crippen molar-refractivity contribution in [1.29, 1.82) is 0 Å². The Bertz CT molecular complexity index is 176. The van der Waals surface area contributed by atoms with E-state index in [1.54, 1.807) is 0 Å². The van der Waals surface area contributed by atoms with E-state index in [0.717, 1.165) is 17.6 Å². The molecule has 0 aromatic rings. The van der Waals surface area contributed by atoms with E-state index >= 15 is 0 Å². The van der Waals surface area contributed by atoms with Crippen LogP contribution in [0.5, 0.6) is 0 Å². The third-order valence-electron chi connectivity index (χ3n) is 2.36. The third-order valence-corrected chi connectivity index (χ3v) is 3.62. The number of nitrogens with zero attached hydrogens (tertiary/aromatic N) is 1. The number of thioether (sulfide) groups is 1. The van der Waals surface area contributed by atoms with Gasteiger partial charge in [-0.1, -0.05) is 32.5 Å². The Morgan fingerprint density at radius 2 is 2.23 bits per heavy atom. The van der Waals surface area contributed by atoms with Gasteiger partial charge in [0.25, 0.3) is 0 Å². The molecule has 1 rings (SSSR count). The highest BCUT2D eigenvalue weighted by Gasteiger charge is 2.13. The molecule has 13 heavy (non-hydrogen) atoms. The van der Waals surface area contributed by atoms with E-state index in [-0.39, 0.29) is 0 Å². The van der Waals surface area contributed by atoms with Crippen molar-refractivity contribution in [2.45, 2.75) is 39.7 Å². The van der Waals surface area contributed by atoms with Crippen LogP contribution in [0.4, 0.5) is 0 Å². The van der Waals surface area contributed by atoms with Gasteiger partial charge in [0.1, 0.15) is 0 Å². The zero-order valence-corrected chi connectivity index (χ0v) is 9.66. The molecule has 76 valence electrons. The van der Waals surface area contributed by atoms with Crippen molar-refractivity contribution < 1.29 is 0 Å². The highest BCUT2D eigenvalue weighted by molar-refractivity contribution is 8.13. The number of hydrogen-bond acceptors (Lipinski definition) is 3. The zero-order chi connectivity index (χ0) is 9.68. The Kier molecular flexibility index (Phi) is 4.64. The molecule has 1 heterocycles. The molecule has 1 aliphatic heterocycles. The molecule has 0 spiro atoms. The van der Waals surface area contributed by atoms with Gasteiger partial charge in [0.2, 0.25) is 0 Å². The number of nitrogens with one attached hydrogen (secondary N) is 1. The highest BCUT2D eigenvalue weighted by atomic mass is 32.2. The van der Waals surface area contributed by atoms with Crippen LogP contribution in [0.15, 0.2) is 4.99 Å². The van der Waals surface area contributed by atoms with Crippen molar-refractivity contribution >= 4 is 16.9 Å². The maximum absolute atomic E-state index is 4.51. The summed E-state index contributed by atoms with van der Waals surface area (Å²) in [7, 11) is 0. The van der Waals surface area contributed by atoms with Crippen molar-refractivity contribution in [2.75, 3.05) is 12.3 Å². The van der Waals surface area contributed by atoms with Crippen molar-refractivity contribution in [3.63, 3.8) is 0 Å². The third kappa shape index (κ3) is 3.59. The summed E-state index contributed by atoms with van der Waals surface area (Å²) in [5.41, 5.74) is 0. The summed E-state index contributed by atoms with van der Waals surface area (Å²) in [6, 6.07) is 0.611. The lowest BCUT2D eigenvalue weighted by molar-refractivity contribution is 0.568. The second-order valence-corrected chi connectivity index (χ2v) is 4.73. The van der Waals surface area contributed by atoms with Crippen molar-refractivity contribution in [1.82, 2.24) is 5.32 Å². The Labute approximate surface area is 85.6 Å². The molecule has 0 radical (unpaired) electrons. The first-order valence-corrected chi connectivity index (χ1v) is 6.18. The molecule has 0 saturated heterocycles. The zero-order valence-electron chi connectivity index (χ0n) is 8.84. The van der Waals surface area contributed by atoms with Crippen LogP contribution in [0.2, 0.25) is 0 Å². The Hall–Kier alpha value is -0.180. The fraction of sp³-hybridized carbons (Fsp3) is 0.900. The SMILES string of the molecule is CCC(CC)NC1=NCC(C)CS1. The largest absolute Gasteiger partial charge is 0.362 e. The number of aliphatic imine (C=N–C) groups is 1. The molecule has 1 unspecified atom stereocenters. The van der Waals surface area contributed by atoms with E-state index in [1.165, 1.54) is 18.6 Å². The van der Waals surface area contributed by atoms with Crippen LogP contribution < -0.4 is 5.32 Å². The van der Waals surface area contributed by atoms with E-state index in [1.807, 2.05) is 11.8 Å². The molecule has 3 heteroatoms. The molecule has 2 nitrogen and oxygen atoms in total. The van der Waals surface area contributed by atoms with Crippen LogP contribution in [0.3, 0.4) is 0 Å². The summed E-state index contributed by atoms with van der Waals surface area (Å²) in [5.74, 6) is 1.96. The summed E-state index contributed by atoms with van der Waals surface area (Å²) in [6.45, 7) is 7.69. The molecule has 1 atom stereocenters. The molecule has 0 aromatic heterocycles. The average Bonchev–Trinajstić information content (AvgIpc) is 2.17. The Morgan fingerprint density at radius 3 is 2.69 bits per heavy atom. The predicted octanol–water partition coefficient (Wildman–Crippen LogP) is 2.50. The Balaban J connectivity index is 2.36. The number of rotatable bonds is 3. The van der Waals surface area contributed by atoms with Gasteiger partial charge in [-0.05, 0) is 18.8 Å². The van der Waals surface area contributed by atoms with E-state index in [2.05, 4.69) is 31.1 Å². The first-order valence-electron chi connectivity index (χ1n) is 5.20. The predicted molar refractivity (Wildman–Crippen MR) is 61.4 cm³/mol. The quantitative estimate of drug-likeness (QED) is 0.757. The maximum atomic E-state index is 4.51. The summed E-state index contributed by atoms with van der Waals surface area (Å²) >= 11 is 1.87. The fourth-order valence-electron chi connectivity index (χ4n) is 1.31. The minimum absolute atomic E-state index is 0.611. The molecule has 0 aromatic carbocycles. The van der Waals surface area contributed by atoms with Gasteiger partial charge < -0.3 is 5.32 Å². The summed E-state index contributed by atoms with van der Waals surface area (Å²) in [4.78, 5) is 4.51. The molecule has 0 amide bonds. The first-order chi connectivity index (χ1) is 6.26. The second-order valence-electron chi connectivity index (χ2n) is 3.72. The van der Waals surface area contributed by atoms with Gasteiger partial charge in [-0.25, -0.2) is 0 Å². The molecule has 0 saturated carbocycles. The highest BCUT2D eigenvalue weighted by Crippen LogP contribution is 2.16. The van der Waals surface area contributed by atoms with Crippen LogP contribution >= 0.6 is 11.8 Å². The molecular weight excluding hydrogens is 180 g/mol. The Morgan fingerprint density at radius 1 is 1.54 bits per heavy atom. The van der Waals surface area contributed by atoms with Gasteiger partial charge in [0.05, 0.1) is 0 Å². The summed E-state index contributed by atoms with van der Waals surface area (Å²) in [5, 5.41) is 4.65. The maximum Gasteiger partial charge on any atom is 0.156 e. The monoisotopic (exact) mass is 200 g/mol. The lowest BCUT2D eigenvalue weighted by atomic mass is 10.2.